The van der Waals surface area contributed by atoms with Crippen molar-refractivity contribution < 1.29 is 37.3 Å². The van der Waals surface area contributed by atoms with Crippen molar-refractivity contribution in [2.24, 2.45) is 5.92 Å². The molecule has 0 radical (unpaired) electrons. The number of nitrogens with one attached hydrogen (secondary N) is 1. The van der Waals surface area contributed by atoms with Gasteiger partial charge in [-0.2, -0.15) is 13.2 Å². The summed E-state index contributed by atoms with van der Waals surface area (Å²) in [7, 11) is 2.57. The smallest absolute Gasteiger partial charge is 0.401 e. The van der Waals surface area contributed by atoms with Crippen molar-refractivity contribution in [3.63, 3.8) is 0 Å². The minimum absolute atomic E-state index is 0.0337. The lowest BCUT2D eigenvalue weighted by Crippen LogP contribution is -2.29. The number of carbonyl (C=O) groups excluding carboxylic acids is 1. The number of aliphatic carboxylic acids is 1. The largest absolute Gasteiger partial charge is 0.497 e. The molecule has 0 saturated heterocycles. The van der Waals surface area contributed by atoms with Gasteiger partial charge in [0.05, 0.1) is 33.1 Å². The summed E-state index contributed by atoms with van der Waals surface area (Å²) in [5.74, 6) is -2.34. The van der Waals surface area contributed by atoms with Crippen molar-refractivity contribution in [2.75, 3.05) is 20.8 Å². The van der Waals surface area contributed by atoms with Crippen molar-refractivity contribution in [1.29, 1.82) is 0 Å². The minimum Gasteiger partial charge on any atom is -0.497 e. The lowest BCUT2D eigenvalue weighted by atomic mass is 9.93. The second-order valence-corrected chi connectivity index (χ2v) is 5.38. The van der Waals surface area contributed by atoms with E-state index in [9.17, 15) is 22.8 Å². The first-order valence-electron chi connectivity index (χ1n) is 7.39. The van der Waals surface area contributed by atoms with Crippen LogP contribution in [0.1, 0.15) is 17.5 Å². The van der Waals surface area contributed by atoms with Crippen LogP contribution in [-0.2, 0) is 27.3 Å². The van der Waals surface area contributed by atoms with Gasteiger partial charge in [-0.25, -0.2) is 0 Å². The number of hydrogen-bond acceptors (Lipinski definition) is 5. The van der Waals surface area contributed by atoms with Crippen LogP contribution in [0, 0.1) is 5.92 Å². The Bertz CT molecular complexity index is 604. The fourth-order valence-electron chi connectivity index (χ4n) is 2.31. The number of rotatable bonds is 9. The normalized spacial score (nSPS) is 12.5. The molecule has 0 spiro atoms. The Morgan fingerprint density at radius 3 is 2.44 bits per heavy atom. The van der Waals surface area contributed by atoms with Gasteiger partial charge in [-0.1, -0.05) is 6.07 Å². The topological polar surface area (TPSA) is 84.9 Å². The Labute approximate surface area is 142 Å². The average molecular weight is 363 g/mol. The van der Waals surface area contributed by atoms with E-state index in [1.165, 1.54) is 7.11 Å². The van der Waals surface area contributed by atoms with E-state index in [-0.39, 0.29) is 13.0 Å². The molecule has 25 heavy (non-hydrogen) atoms. The minimum atomic E-state index is -4.35. The SMILES string of the molecule is COC(=O)C(CC(=O)O)Cc1ccc(OC)cc1CNCC(F)(F)F. The summed E-state index contributed by atoms with van der Waals surface area (Å²) in [5, 5.41) is 11.2. The highest BCUT2D eigenvalue weighted by Gasteiger charge is 2.27. The molecule has 0 bridgehead atoms. The summed E-state index contributed by atoms with van der Waals surface area (Å²) in [6.07, 6.45) is -4.75. The molecule has 0 aliphatic heterocycles. The Morgan fingerprint density at radius 1 is 1.24 bits per heavy atom. The predicted octanol–water partition coefficient (Wildman–Crippen LogP) is 2.15. The molecule has 2 N–H and O–H groups in total. The number of esters is 1. The summed E-state index contributed by atoms with van der Waals surface area (Å²) in [4.78, 5) is 22.7. The van der Waals surface area contributed by atoms with Gasteiger partial charge in [-0.3, -0.25) is 9.59 Å². The van der Waals surface area contributed by atoms with E-state index in [0.717, 1.165) is 7.11 Å². The third-order valence-electron chi connectivity index (χ3n) is 3.48. The summed E-state index contributed by atoms with van der Waals surface area (Å²) < 4.78 is 46.6. The fraction of sp³-hybridized carbons (Fsp3) is 0.500. The molecule has 0 aliphatic carbocycles. The Morgan fingerprint density at radius 2 is 1.92 bits per heavy atom. The van der Waals surface area contributed by atoms with Gasteiger partial charge in [0.1, 0.15) is 5.75 Å². The van der Waals surface area contributed by atoms with Gasteiger partial charge in [0, 0.05) is 6.54 Å². The third-order valence-corrected chi connectivity index (χ3v) is 3.48. The number of carboxylic acid groups (broad SMARTS) is 1. The summed E-state index contributed by atoms with van der Waals surface area (Å²) >= 11 is 0. The maximum atomic E-state index is 12.3. The van der Waals surface area contributed by atoms with Crippen molar-refractivity contribution in [3.05, 3.63) is 29.3 Å². The molecule has 0 aromatic heterocycles. The summed E-state index contributed by atoms with van der Waals surface area (Å²) in [5.41, 5.74) is 1.04. The fourth-order valence-corrected chi connectivity index (χ4v) is 2.31. The molecule has 1 unspecified atom stereocenters. The van der Waals surface area contributed by atoms with Crippen molar-refractivity contribution >= 4 is 11.9 Å². The zero-order valence-electron chi connectivity index (χ0n) is 13.9. The molecule has 9 heteroatoms. The van der Waals surface area contributed by atoms with E-state index >= 15 is 0 Å². The number of hydrogen-bond donors (Lipinski definition) is 2. The van der Waals surface area contributed by atoms with Gasteiger partial charge in [0.25, 0.3) is 0 Å². The second kappa shape index (κ2) is 9.26. The monoisotopic (exact) mass is 363 g/mol. The van der Waals surface area contributed by atoms with Gasteiger partial charge in [0.15, 0.2) is 0 Å². The predicted molar refractivity (Wildman–Crippen MR) is 82.2 cm³/mol. The van der Waals surface area contributed by atoms with E-state index in [4.69, 9.17) is 9.84 Å². The molecule has 0 aliphatic rings. The number of ether oxygens (including phenoxy) is 2. The highest BCUT2D eigenvalue weighted by atomic mass is 19.4. The molecule has 0 amide bonds. The van der Waals surface area contributed by atoms with Crippen LogP contribution in [0.5, 0.6) is 5.75 Å². The first kappa shape index (κ1) is 20.8. The van der Waals surface area contributed by atoms with Crippen LogP contribution in [0.3, 0.4) is 0 Å². The molecule has 0 heterocycles. The molecule has 0 fully saturated rings. The van der Waals surface area contributed by atoms with Crippen LogP contribution in [0.2, 0.25) is 0 Å². The van der Waals surface area contributed by atoms with Crippen LogP contribution >= 0.6 is 0 Å². The highest BCUT2D eigenvalue weighted by molar-refractivity contribution is 5.79. The molecular weight excluding hydrogens is 343 g/mol. The molecule has 6 nitrogen and oxygen atoms in total. The Hall–Kier alpha value is -2.29. The quantitative estimate of drug-likeness (QED) is 0.654. The van der Waals surface area contributed by atoms with Crippen LogP contribution in [0.4, 0.5) is 13.2 Å². The van der Waals surface area contributed by atoms with Gasteiger partial charge >= 0.3 is 18.1 Å². The number of halogens is 3. The standard InChI is InChI=1S/C16H20F3NO5/c1-24-13-4-3-10(5-11(7-14(21)22)15(23)25-2)12(6-13)8-20-9-16(17,18)19/h3-4,6,11,20H,5,7-9H2,1-2H3,(H,21,22). The molecule has 140 valence electrons. The lowest BCUT2D eigenvalue weighted by molar-refractivity contribution is -0.150. The maximum Gasteiger partial charge on any atom is 0.401 e. The van der Waals surface area contributed by atoms with Crippen LogP contribution in [0.15, 0.2) is 18.2 Å². The number of benzene rings is 1. The molecule has 1 atom stereocenters. The third kappa shape index (κ3) is 7.42. The lowest BCUT2D eigenvalue weighted by Gasteiger charge is -2.17. The summed E-state index contributed by atoms with van der Waals surface area (Å²) in [6.45, 7) is -1.27. The first-order valence-corrected chi connectivity index (χ1v) is 7.39. The van der Waals surface area contributed by atoms with E-state index in [1.807, 2.05) is 0 Å². The van der Waals surface area contributed by atoms with E-state index in [2.05, 4.69) is 10.1 Å². The van der Waals surface area contributed by atoms with Crippen molar-refractivity contribution in [3.8, 4) is 5.75 Å². The molecule has 1 rings (SSSR count). The zero-order chi connectivity index (χ0) is 19.0. The Balaban J connectivity index is 2.98. The van der Waals surface area contributed by atoms with E-state index in [1.54, 1.807) is 18.2 Å². The van der Waals surface area contributed by atoms with Crippen LogP contribution in [0.25, 0.3) is 0 Å². The van der Waals surface area contributed by atoms with E-state index in [0.29, 0.717) is 16.9 Å². The van der Waals surface area contributed by atoms with E-state index < -0.39 is 37.0 Å². The Kier molecular flexibility index (Phi) is 7.69. The van der Waals surface area contributed by atoms with Gasteiger partial charge < -0.3 is 19.9 Å². The zero-order valence-corrected chi connectivity index (χ0v) is 13.9. The molecule has 0 saturated carbocycles. The number of alkyl halides is 3. The van der Waals surface area contributed by atoms with Gasteiger partial charge in [-0.05, 0) is 29.7 Å². The number of carbonyl (C=O) groups is 2. The molecule has 1 aromatic carbocycles. The number of methoxy groups -OCH3 is 2. The molecule has 1 aromatic rings. The summed E-state index contributed by atoms with van der Waals surface area (Å²) in [6, 6.07) is 4.74. The average Bonchev–Trinajstić information content (AvgIpc) is 2.53. The highest BCUT2D eigenvalue weighted by Crippen LogP contribution is 2.23. The second-order valence-electron chi connectivity index (χ2n) is 5.38. The van der Waals surface area contributed by atoms with Gasteiger partial charge in [-0.15, -0.1) is 0 Å². The molecular formula is C16H20F3NO5. The number of carboxylic acids is 1. The van der Waals surface area contributed by atoms with Crippen LogP contribution < -0.4 is 10.1 Å². The maximum absolute atomic E-state index is 12.3. The van der Waals surface area contributed by atoms with Crippen molar-refractivity contribution in [2.45, 2.75) is 25.6 Å². The van der Waals surface area contributed by atoms with Gasteiger partial charge in [0.2, 0.25) is 0 Å². The van der Waals surface area contributed by atoms with Crippen LogP contribution in [-0.4, -0.2) is 44.0 Å². The van der Waals surface area contributed by atoms with Crippen molar-refractivity contribution in [1.82, 2.24) is 5.32 Å². The first-order chi connectivity index (χ1) is 11.7.